The lowest BCUT2D eigenvalue weighted by molar-refractivity contribution is 0.269. The quantitative estimate of drug-likeness (QED) is 0.376. The third kappa shape index (κ3) is 4.14. The third-order valence-electron chi connectivity index (χ3n) is 0.287. The first-order valence-electron chi connectivity index (χ1n) is 1.81. The van der Waals surface area contributed by atoms with Crippen molar-refractivity contribution in [3.05, 3.63) is 0 Å². The van der Waals surface area contributed by atoms with Crippen molar-refractivity contribution in [1.82, 2.24) is 0 Å². The van der Waals surface area contributed by atoms with Crippen LogP contribution in [0.3, 0.4) is 0 Å². The van der Waals surface area contributed by atoms with Gasteiger partial charge in [-0.2, -0.15) is 0 Å². The van der Waals surface area contributed by atoms with Crippen molar-refractivity contribution in [2.75, 3.05) is 13.7 Å². The van der Waals surface area contributed by atoms with Crippen LogP contribution in [0.1, 0.15) is 6.92 Å². The first-order chi connectivity index (χ1) is 2.91. The SMILES string of the molecule is CCO[Si]OC. The minimum absolute atomic E-state index is 0.215. The smallest absolute Gasteiger partial charge is 0.396 e. The van der Waals surface area contributed by atoms with E-state index in [0.29, 0.717) is 0 Å². The maximum absolute atomic E-state index is 4.79. The fourth-order valence-corrected chi connectivity index (χ4v) is 0.354. The van der Waals surface area contributed by atoms with Gasteiger partial charge in [-0.15, -0.1) is 0 Å². The molecule has 0 heterocycles. The Labute approximate surface area is 40.5 Å². The summed E-state index contributed by atoms with van der Waals surface area (Å²) in [5, 5.41) is 0. The van der Waals surface area contributed by atoms with E-state index in [2.05, 4.69) is 4.43 Å². The normalized spacial score (nSPS) is 9.00. The van der Waals surface area contributed by atoms with Gasteiger partial charge in [-0.1, -0.05) is 0 Å². The summed E-state index contributed by atoms with van der Waals surface area (Å²) in [7, 11) is 1.83. The zero-order valence-corrected chi connectivity index (χ0v) is 5.02. The molecule has 0 saturated carbocycles. The molecule has 0 aliphatic rings. The van der Waals surface area contributed by atoms with Crippen molar-refractivity contribution in [2.24, 2.45) is 0 Å². The Hall–Kier alpha value is 0.137. The molecule has 6 heavy (non-hydrogen) atoms. The van der Waals surface area contributed by atoms with Crippen molar-refractivity contribution in [3.63, 3.8) is 0 Å². The van der Waals surface area contributed by atoms with Gasteiger partial charge < -0.3 is 8.85 Å². The second-order valence-electron chi connectivity index (χ2n) is 0.720. The van der Waals surface area contributed by atoms with E-state index in [0.717, 1.165) is 6.61 Å². The molecule has 0 aromatic heterocycles. The molecule has 0 spiro atoms. The Balaban J connectivity index is 2.34. The van der Waals surface area contributed by atoms with Gasteiger partial charge in [0, 0.05) is 13.7 Å². The Morgan fingerprint density at radius 1 is 1.67 bits per heavy atom. The molecule has 0 aliphatic carbocycles. The van der Waals surface area contributed by atoms with Crippen molar-refractivity contribution in [1.29, 1.82) is 0 Å². The largest absolute Gasteiger partial charge is 0.433 e. The van der Waals surface area contributed by atoms with Crippen LogP contribution in [0.15, 0.2) is 0 Å². The average Bonchev–Trinajstić information content (AvgIpc) is 1.61. The molecule has 0 aromatic rings. The lowest BCUT2D eigenvalue weighted by Gasteiger charge is -1.89. The zero-order chi connectivity index (χ0) is 4.83. The second-order valence-corrected chi connectivity index (χ2v) is 1.58. The van der Waals surface area contributed by atoms with Crippen LogP contribution in [0.4, 0.5) is 0 Å². The molecule has 2 nitrogen and oxygen atoms in total. The molecule has 0 saturated heterocycles. The summed E-state index contributed by atoms with van der Waals surface area (Å²) < 4.78 is 9.38. The van der Waals surface area contributed by atoms with Gasteiger partial charge in [0.25, 0.3) is 0 Å². The van der Waals surface area contributed by atoms with Gasteiger partial charge in [-0.25, -0.2) is 0 Å². The highest BCUT2D eigenvalue weighted by atomic mass is 28.3. The predicted molar refractivity (Wildman–Crippen MR) is 24.4 cm³/mol. The van der Waals surface area contributed by atoms with Gasteiger partial charge in [-0.05, 0) is 6.92 Å². The summed E-state index contributed by atoms with van der Waals surface area (Å²) in [6.07, 6.45) is 0. The van der Waals surface area contributed by atoms with E-state index in [1.165, 1.54) is 0 Å². The van der Waals surface area contributed by atoms with E-state index in [4.69, 9.17) is 4.43 Å². The number of hydrogen-bond acceptors (Lipinski definition) is 2. The highest BCUT2D eigenvalue weighted by molar-refractivity contribution is 6.17. The van der Waals surface area contributed by atoms with E-state index in [1.54, 1.807) is 7.11 Å². The summed E-state index contributed by atoms with van der Waals surface area (Å²) in [6.45, 7) is 2.68. The van der Waals surface area contributed by atoms with Crippen LogP contribution in [0.5, 0.6) is 0 Å². The summed E-state index contributed by atoms with van der Waals surface area (Å²) in [6, 6.07) is 0. The van der Waals surface area contributed by atoms with Crippen LogP contribution in [-0.2, 0) is 8.85 Å². The van der Waals surface area contributed by atoms with Crippen LogP contribution in [-0.4, -0.2) is 23.7 Å². The number of hydrogen-bond donors (Lipinski definition) is 0. The molecule has 0 rings (SSSR count). The van der Waals surface area contributed by atoms with E-state index >= 15 is 0 Å². The lowest BCUT2D eigenvalue weighted by Crippen LogP contribution is -1.98. The Morgan fingerprint density at radius 2 is 2.33 bits per heavy atom. The fourth-order valence-electron chi connectivity index (χ4n) is 0.118. The highest BCUT2D eigenvalue weighted by Gasteiger charge is 1.79. The standard InChI is InChI=1S/C3H8O2Si/c1-3-5-6-4-2/h3H2,1-2H3. The molecule has 0 N–H and O–H groups in total. The molecule has 0 bridgehead atoms. The minimum Gasteiger partial charge on any atom is -0.396 e. The topological polar surface area (TPSA) is 18.5 Å². The summed E-state index contributed by atoms with van der Waals surface area (Å²) in [4.78, 5) is 0. The molecule has 36 valence electrons. The van der Waals surface area contributed by atoms with Crippen molar-refractivity contribution < 1.29 is 8.85 Å². The first kappa shape index (κ1) is 6.14. The first-order valence-corrected chi connectivity index (χ1v) is 2.63. The summed E-state index contributed by atoms with van der Waals surface area (Å²) in [5.74, 6) is 0. The fraction of sp³-hybridized carbons (Fsp3) is 1.00. The Kier molecular flexibility index (Phi) is 5.25. The van der Waals surface area contributed by atoms with Gasteiger partial charge in [0.2, 0.25) is 0 Å². The number of rotatable bonds is 3. The van der Waals surface area contributed by atoms with Gasteiger partial charge in [0.05, 0.1) is 0 Å². The molecule has 0 amide bonds. The molecular weight excluding hydrogens is 96.1 g/mol. The van der Waals surface area contributed by atoms with Crippen LogP contribution < -0.4 is 0 Å². The molecule has 0 unspecified atom stereocenters. The van der Waals surface area contributed by atoms with E-state index < -0.39 is 0 Å². The molecule has 0 aliphatic heterocycles. The van der Waals surface area contributed by atoms with Gasteiger partial charge in [-0.3, -0.25) is 0 Å². The van der Waals surface area contributed by atoms with Crippen LogP contribution in [0.25, 0.3) is 0 Å². The summed E-state index contributed by atoms with van der Waals surface area (Å²) >= 11 is 0. The van der Waals surface area contributed by atoms with Crippen LogP contribution >= 0.6 is 0 Å². The van der Waals surface area contributed by atoms with E-state index in [1.807, 2.05) is 6.92 Å². The third-order valence-corrected chi connectivity index (χ3v) is 0.860. The van der Waals surface area contributed by atoms with Crippen molar-refractivity contribution in [2.45, 2.75) is 6.92 Å². The maximum Gasteiger partial charge on any atom is 0.433 e. The molecule has 3 heteroatoms. The van der Waals surface area contributed by atoms with Crippen LogP contribution in [0.2, 0.25) is 0 Å². The van der Waals surface area contributed by atoms with Crippen LogP contribution in [0, 0.1) is 0 Å². The molecule has 0 fully saturated rings. The Bertz CT molecular complexity index is 20.8. The van der Waals surface area contributed by atoms with E-state index in [-0.39, 0.29) is 10.0 Å². The van der Waals surface area contributed by atoms with E-state index in [9.17, 15) is 0 Å². The second kappa shape index (κ2) is 5.14. The zero-order valence-electron chi connectivity index (χ0n) is 4.02. The molecule has 0 aromatic carbocycles. The van der Waals surface area contributed by atoms with Crippen molar-refractivity contribution in [3.8, 4) is 0 Å². The van der Waals surface area contributed by atoms with Gasteiger partial charge in [0.15, 0.2) is 0 Å². The minimum atomic E-state index is 0.215. The molecule has 2 radical (unpaired) electrons. The monoisotopic (exact) mass is 104 g/mol. The molecular formula is C3H8O2Si. The van der Waals surface area contributed by atoms with Gasteiger partial charge in [0.1, 0.15) is 0 Å². The summed E-state index contributed by atoms with van der Waals surface area (Å²) in [5.41, 5.74) is 0. The highest BCUT2D eigenvalue weighted by Crippen LogP contribution is 1.64. The van der Waals surface area contributed by atoms with Crippen molar-refractivity contribution >= 4 is 10.0 Å². The maximum atomic E-state index is 4.79. The Morgan fingerprint density at radius 3 is 2.50 bits per heavy atom. The van der Waals surface area contributed by atoms with Gasteiger partial charge >= 0.3 is 10.0 Å². The predicted octanol–water partition coefficient (Wildman–Crippen LogP) is 0.204. The molecule has 0 atom stereocenters. The lowest BCUT2D eigenvalue weighted by atomic mass is 10.9. The average molecular weight is 104 g/mol.